The van der Waals surface area contributed by atoms with E-state index >= 15 is 0 Å². The van der Waals surface area contributed by atoms with Crippen molar-refractivity contribution >= 4 is 21.6 Å². The van der Waals surface area contributed by atoms with Crippen molar-refractivity contribution in [2.75, 3.05) is 11.9 Å². The van der Waals surface area contributed by atoms with Crippen LogP contribution in [-0.2, 0) is 26.1 Å². The summed E-state index contributed by atoms with van der Waals surface area (Å²) in [6, 6.07) is 13.3. The van der Waals surface area contributed by atoms with Crippen molar-refractivity contribution < 1.29 is 17.9 Å². The van der Waals surface area contributed by atoms with Crippen molar-refractivity contribution in [3.8, 4) is 11.4 Å². The highest BCUT2D eigenvalue weighted by molar-refractivity contribution is 7.90. The highest BCUT2D eigenvalue weighted by Crippen LogP contribution is 2.33. The highest BCUT2D eigenvalue weighted by Gasteiger charge is 2.33. The van der Waals surface area contributed by atoms with E-state index in [0.29, 0.717) is 22.8 Å². The number of ether oxygens (including phenoxy) is 1. The van der Waals surface area contributed by atoms with Gasteiger partial charge in [-0.25, -0.2) is 13.1 Å². The second kappa shape index (κ2) is 7.60. The highest BCUT2D eigenvalue weighted by atomic mass is 32.2. The molecule has 8 heteroatoms. The van der Waals surface area contributed by atoms with Crippen LogP contribution in [0.15, 0.2) is 42.5 Å². The number of aryl methyl sites for hydroxylation is 3. The van der Waals surface area contributed by atoms with E-state index in [0.717, 1.165) is 22.4 Å². The normalized spacial score (nSPS) is 14.4. The molecule has 0 aliphatic carbocycles. The molecule has 7 nitrogen and oxygen atoms in total. The summed E-state index contributed by atoms with van der Waals surface area (Å²) in [5, 5.41) is 7.33. The third-order valence-corrected chi connectivity index (χ3v) is 6.46. The SMILES string of the molecule is Cc1ccc(OCC(=O)Nc2c3c(nn2-c2ccc(C)cc2C)CS(=O)(=O)C3)cc1. The van der Waals surface area contributed by atoms with Gasteiger partial charge < -0.3 is 10.1 Å². The van der Waals surface area contributed by atoms with Gasteiger partial charge in [0, 0.05) is 5.56 Å². The lowest BCUT2D eigenvalue weighted by atomic mass is 10.1. The summed E-state index contributed by atoms with van der Waals surface area (Å²) < 4.78 is 31.4. The van der Waals surface area contributed by atoms with Crippen molar-refractivity contribution in [3.05, 3.63) is 70.4 Å². The first kappa shape index (κ1) is 20.2. The molecule has 1 aromatic heterocycles. The van der Waals surface area contributed by atoms with Crippen LogP contribution in [0, 0.1) is 20.8 Å². The zero-order valence-corrected chi connectivity index (χ0v) is 17.9. The van der Waals surface area contributed by atoms with Crippen LogP contribution in [0.5, 0.6) is 5.75 Å². The molecule has 3 aromatic rings. The molecule has 30 heavy (non-hydrogen) atoms. The van der Waals surface area contributed by atoms with E-state index in [1.807, 2.05) is 51.1 Å². The minimum absolute atomic E-state index is 0.122. The van der Waals surface area contributed by atoms with Crippen LogP contribution in [0.4, 0.5) is 5.82 Å². The maximum absolute atomic E-state index is 12.6. The average molecular weight is 426 g/mol. The Morgan fingerprint density at radius 3 is 2.47 bits per heavy atom. The van der Waals surface area contributed by atoms with Crippen LogP contribution < -0.4 is 10.1 Å². The van der Waals surface area contributed by atoms with E-state index in [4.69, 9.17) is 4.74 Å². The molecule has 156 valence electrons. The van der Waals surface area contributed by atoms with Crippen molar-refractivity contribution in [2.45, 2.75) is 32.3 Å². The number of amides is 1. The van der Waals surface area contributed by atoms with E-state index in [1.54, 1.807) is 16.8 Å². The predicted octanol–water partition coefficient (Wildman–Crippen LogP) is 3.24. The predicted molar refractivity (Wildman–Crippen MR) is 115 cm³/mol. The number of carbonyl (C=O) groups is 1. The molecular formula is C22H23N3O4S. The van der Waals surface area contributed by atoms with Crippen LogP contribution in [0.3, 0.4) is 0 Å². The van der Waals surface area contributed by atoms with Gasteiger partial charge in [0.2, 0.25) is 0 Å². The Morgan fingerprint density at radius 1 is 1.07 bits per heavy atom. The number of anilines is 1. The van der Waals surface area contributed by atoms with Crippen molar-refractivity contribution in [2.24, 2.45) is 0 Å². The Balaban J connectivity index is 1.62. The largest absolute Gasteiger partial charge is 0.484 e. The monoisotopic (exact) mass is 425 g/mol. The first-order valence-corrected chi connectivity index (χ1v) is 11.4. The molecule has 1 amide bonds. The molecule has 0 spiro atoms. The smallest absolute Gasteiger partial charge is 0.263 e. The van der Waals surface area contributed by atoms with Gasteiger partial charge >= 0.3 is 0 Å². The summed E-state index contributed by atoms with van der Waals surface area (Å²) in [6.07, 6.45) is 0. The van der Waals surface area contributed by atoms with Gasteiger partial charge in [0.05, 0.1) is 22.9 Å². The summed E-state index contributed by atoms with van der Waals surface area (Å²) >= 11 is 0. The van der Waals surface area contributed by atoms with Crippen LogP contribution in [0.2, 0.25) is 0 Å². The van der Waals surface area contributed by atoms with E-state index < -0.39 is 9.84 Å². The van der Waals surface area contributed by atoms with Gasteiger partial charge in [0.25, 0.3) is 5.91 Å². The molecule has 0 saturated heterocycles. The second-order valence-electron chi connectivity index (χ2n) is 7.66. The number of carbonyl (C=O) groups excluding carboxylic acids is 1. The standard InChI is InChI=1S/C22H23N3O4S/c1-14-4-7-17(8-5-14)29-11-21(26)23-22-18-12-30(27,28)13-19(18)24-25(22)20-9-6-15(2)10-16(20)3/h4-10H,11-13H2,1-3H3,(H,23,26). The average Bonchev–Trinajstić information content (AvgIpc) is 3.14. The van der Waals surface area contributed by atoms with Gasteiger partial charge in [-0.2, -0.15) is 5.10 Å². The molecule has 1 aliphatic rings. The van der Waals surface area contributed by atoms with E-state index in [2.05, 4.69) is 10.4 Å². The van der Waals surface area contributed by atoms with Gasteiger partial charge in [-0.3, -0.25) is 4.79 Å². The topological polar surface area (TPSA) is 90.3 Å². The Hall–Kier alpha value is -3.13. The number of nitrogens with zero attached hydrogens (tertiary/aromatic N) is 2. The fourth-order valence-corrected chi connectivity index (χ4v) is 5.03. The Labute approximate surface area is 175 Å². The summed E-state index contributed by atoms with van der Waals surface area (Å²) in [6.45, 7) is 5.73. The number of sulfone groups is 1. The molecule has 0 bridgehead atoms. The van der Waals surface area contributed by atoms with E-state index in [1.165, 1.54) is 0 Å². The third-order valence-electron chi connectivity index (χ3n) is 5.02. The third kappa shape index (κ3) is 4.09. The Morgan fingerprint density at radius 2 is 1.77 bits per heavy atom. The first-order chi connectivity index (χ1) is 14.2. The van der Waals surface area contributed by atoms with Crippen LogP contribution in [0.1, 0.15) is 27.9 Å². The van der Waals surface area contributed by atoms with Gasteiger partial charge in [-0.15, -0.1) is 0 Å². The first-order valence-electron chi connectivity index (χ1n) is 9.60. The number of fused-ring (bicyclic) bond motifs is 1. The van der Waals surface area contributed by atoms with Gasteiger partial charge in [0.1, 0.15) is 11.6 Å². The maximum atomic E-state index is 12.6. The number of hydrogen-bond donors (Lipinski definition) is 1. The lowest BCUT2D eigenvalue weighted by molar-refractivity contribution is -0.118. The van der Waals surface area contributed by atoms with E-state index in [-0.39, 0.29) is 24.0 Å². The van der Waals surface area contributed by atoms with Crippen LogP contribution in [0.25, 0.3) is 5.69 Å². The molecule has 0 fully saturated rings. The Bertz CT molecular complexity index is 1230. The lowest BCUT2D eigenvalue weighted by Gasteiger charge is -2.14. The molecule has 0 atom stereocenters. The zero-order valence-electron chi connectivity index (χ0n) is 17.1. The zero-order chi connectivity index (χ0) is 21.5. The molecule has 4 rings (SSSR count). The quantitative estimate of drug-likeness (QED) is 0.678. The number of hydrogen-bond acceptors (Lipinski definition) is 5. The number of nitrogens with one attached hydrogen (secondary N) is 1. The summed E-state index contributed by atoms with van der Waals surface area (Å²) in [7, 11) is -3.25. The molecule has 1 aliphatic heterocycles. The fraction of sp³-hybridized carbons (Fsp3) is 0.273. The molecule has 1 N–H and O–H groups in total. The second-order valence-corrected chi connectivity index (χ2v) is 9.72. The molecule has 2 heterocycles. The van der Waals surface area contributed by atoms with Crippen molar-refractivity contribution in [1.29, 1.82) is 0 Å². The summed E-state index contributed by atoms with van der Waals surface area (Å²) in [4.78, 5) is 12.6. The molecule has 0 radical (unpaired) electrons. The van der Waals surface area contributed by atoms with Crippen LogP contribution in [-0.4, -0.2) is 30.7 Å². The van der Waals surface area contributed by atoms with Crippen molar-refractivity contribution in [1.82, 2.24) is 9.78 Å². The van der Waals surface area contributed by atoms with Crippen LogP contribution >= 0.6 is 0 Å². The van der Waals surface area contributed by atoms with Gasteiger partial charge in [-0.05, 0) is 44.5 Å². The number of rotatable bonds is 5. The maximum Gasteiger partial charge on any atom is 0.263 e. The van der Waals surface area contributed by atoms with Gasteiger partial charge in [-0.1, -0.05) is 35.4 Å². The molecular weight excluding hydrogens is 402 g/mol. The van der Waals surface area contributed by atoms with Gasteiger partial charge in [0.15, 0.2) is 16.4 Å². The molecule has 0 unspecified atom stereocenters. The number of benzene rings is 2. The minimum Gasteiger partial charge on any atom is -0.484 e. The number of aromatic nitrogens is 2. The summed E-state index contributed by atoms with van der Waals surface area (Å²) in [5.74, 6) is 0.334. The Kier molecular flexibility index (Phi) is 5.11. The lowest BCUT2D eigenvalue weighted by Crippen LogP contribution is -2.23. The van der Waals surface area contributed by atoms with Crippen molar-refractivity contribution in [3.63, 3.8) is 0 Å². The molecule has 0 saturated carbocycles. The fourth-order valence-electron chi connectivity index (χ4n) is 3.54. The summed E-state index contributed by atoms with van der Waals surface area (Å²) in [5.41, 5.74) is 4.99. The van der Waals surface area contributed by atoms with E-state index in [9.17, 15) is 13.2 Å². The molecule has 2 aromatic carbocycles. The minimum atomic E-state index is -3.25.